The van der Waals surface area contributed by atoms with Crippen molar-refractivity contribution in [2.75, 3.05) is 4.90 Å². The molecule has 0 saturated heterocycles. The van der Waals surface area contributed by atoms with Gasteiger partial charge < -0.3 is 4.90 Å². The Kier molecular flexibility index (Phi) is 8.79. The van der Waals surface area contributed by atoms with E-state index in [1.165, 1.54) is 34.4 Å². The van der Waals surface area contributed by atoms with Crippen LogP contribution in [0.15, 0.2) is 206 Å². The molecule has 0 aromatic heterocycles. The number of hydrogen-bond acceptors (Lipinski definition) is 1. The topological polar surface area (TPSA) is 3.24 Å². The highest BCUT2D eigenvalue weighted by Crippen LogP contribution is 2.64. The zero-order valence-electron chi connectivity index (χ0n) is 35.8. The Hall–Kier alpha value is -7.36. The van der Waals surface area contributed by atoms with Crippen molar-refractivity contribution in [2.45, 2.75) is 38.5 Å². The molecular weight excluding hydrogens is 773 g/mol. The zero-order chi connectivity index (χ0) is 43.2. The first-order chi connectivity index (χ1) is 30.6. The van der Waals surface area contributed by atoms with E-state index >= 15 is 4.39 Å². The molecule has 1 unspecified atom stereocenters. The van der Waals surface area contributed by atoms with E-state index in [0.29, 0.717) is 0 Å². The number of aryl methyl sites for hydroxylation is 1. The lowest BCUT2D eigenvalue weighted by atomic mass is 9.70. The van der Waals surface area contributed by atoms with Crippen LogP contribution in [0.4, 0.5) is 25.8 Å². The SMILES string of the molecule is C=C(F)/C=C\C1=C(C)C2(c3cc(F)ccc31)c1ccccc1-c1c(-c3cc(C)ccc3N(c3cccc(-c4ccccc4)c3)c3ccc4c(c3)C(C)(C)c3ccccc3-4)cccc12. The van der Waals surface area contributed by atoms with Gasteiger partial charge in [0.25, 0.3) is 0 Å². The minimum absolute atomic E-state index is 0.193. The maximum atomic E-state index is 15.6. The Bertz CT molecular complexity index is 3280. The first-order valence-corrected chi connectivity index (χ1v) is 21.7. The van der Waals surface area contributed by atoms with Gasteiger partial charge in [-0.15, -0.1) is 0 Å². The Morgan fingerprint density at radius 1 is 0.524 bits per heavy atom. The molecule has 304 valence electrons. The number of halogens is 2. The third-order valence-corrected chi connectivity index (χ3v) is 13.9. The predicted octanol–water partition coefficient (Wildman–Crippen LogP) is 16.4. The van der Waals surface area contributed by atoms with E-state index in [2.05, 4.69) is 197 Å². The first kappa shape index (κ1) is 38.6. The van der Waals surface area contributed by atoms with Crippen molar-refractivity contribution in [2.24, 2.45) is 0 Å². The first-order valence-electron chi connectivity index (χ1n) is 21.7. The number of hydrogen-bond donors (Lipinski definition) is 0. The minimum Gasteiger partial charge on any atom is -0.310 e. The Balaban J connectivity index is 1.18. The number of rotatable bonds is 7. The lowest BCUT2D eigenvalue weighted by Crippen LogP contribution is -2.26. The van der Waals surface area contributed by atoms with E-state index in [0.717, 1.165) is 89.4 Å². The number of anilines is 3. The number of benzene rings is 8. The summed E-state index contributed by atoms with van der Waals surface area (Å²) < 4.78 is 29.9. The molecule has 0 saturated carbocycles. The molecule has 0 heterocycles. The quantitative estimate of drug-likeness (QED) is 0.145. The fourth-order valence-electron chi connectivity index (χ4n) is 11.1. The fourth-order valence-corrected chi connectivity index (χ4v) is 11.1. The van der Waals surface area contributed by atoms with Gasteiger partial charge in [-0.25, -0.2) is 8.78 Å². The van der Waals surface area contributed by atoms with Gasteiger partial charge in [-0.1, -0.05) is 159 Å². The maximum absolute atomic E-state index is 15.6. The Morgan fingerprint density at radius 2 is 1.17 bits per heavy atom. The average Bonchev–Trinajstić information content (AvgIpc) is 3.83. The summed E-state index contributed by atoms with van der Waals surface area (Å²) in [5.74, 6) is -0.838. The summed E-state index contributed by atoms with van der Waals surface area (Å²) in [7, 11) is 0. The van der Waals surface area contributed by atoms with Crippen LogP contribution in [0.25, 0.3) is 50.1 Å². The van der Waals surface area contributed by atoms with Gasteiger partial charge in [-0.3, -0.25) is 0 Å². The van der Waals surface area contributed by atoms with E-state index in [1.54, 1.807) is 12.1 Å². The van der Waals surface area contributed by atoms with Gasteiger partial charge in [-0.05, 0) is 152 Å². The number of allylic oxidation sites excluding steroid dienone is 5. The third kappa shape index (κ3) is 5.72. The molecule has 1 atom stereocenters. The molecule has 8 aromatic rings. The molecule has 3 aliphatic rings. The average molecular weight is 818 g/mol. The molecular formula is C60H45F2N. The van der Waals surface area contributed by atoms with Crippen molar-refractivity contribution < 1.29 is 8.78 Å². The van der Waals surface area contributed by atoms with Crippen LogP contribution < -0.4 is 4.90 Å². The minimum atomic E-state index is -0.801. The summed E-state index contributed by atoms with van der Waals surface area (Å²) >= 11 is 0. The monoisotopic (exact) mass is 817 g/mol. The highest BCUT2D eigenvalue weighted by molar-refractivity contribution is 6.03. The molecule has 1 spiro atoms. The van der Waals surface area contributed by atoms with Gasteiger partial charge in [0.2, 0.25) is 0 Å². The predicted molar refractivity (Wildman–Crippen MR) is 258 cm³/mol. The fraction of sp³-hybridized carbons (Fsp3) is 0.100. The summed E-state index contributed by atoms with van der Waals surface area (Å²) in [6.07, 6.45) is 3.20. The van der Waals surface area contributed by atoms with Crippen LogP contribution in [0.5, 0.6) is 0 Å². The van der Waals surface area contributed by atoms with Gasteiger partial charge in [0.1, 0.15) is 11.6 Å². The smallest absolute Gasteiger partial charge is 0.123 e. The van der Waals surface area contributed by atoms with Gasteiger partial charge in [0.05, 0.1) is 11.1 Å². The molecule has 1 nitrogen and oxygen atoms in total. The summed E-state index contributed by atoms with van der Waals surface area (Å²) in [6, 6.07) is 62.1. The van der Waals surface area contributed by atoms with Crippen molar-refractivity contribution >= 4 is 22.6 Å². The van der Waals surface area contributed by atoms with Crippen LogP contribution in [-0.2, 0) is 10.8 Å². The highest BCUT2D eigenvalue weighted by Gasteiger charge is 2.52. The second-order valence-electron chi connectivity index (χ2n) is 17.7. The van der Waals surface area contributed by atoms with E-state index in [9.17, 15) is 4.39 Å². The lowest BCUT2D eigenvalue weighted by Gasteiger charge is -2.32. The Morgan fingerprint density at radius 3 is 1.98 bits per heavy atom. The van der Waals surface area contributed by atoms with Crippen molar-refractivity contribution in [3.63, 3.8) is 0 Å². The molecule has 0 aliphatic heterocycles. The standard InChI is InChI=1S/C60H45F2N/c1-37-25-32-57(63(43-18-13-17-41(34-43)40-15-7-6-8-16-40)44-28-31-48-46-19-9-11-22-52(46)59(4,5)55(48)36-44)51(33-37)49-21-14-24-54-58(49)50-20-10-12-23-53(50)60(54)39(3)45(29-26-38(2)61)47-30-27-42(62)35-56(47)60/h6-36H,2H2,1,3-5H3/b29-26-. The van der Waals surface area contributed by atoms with Gasteiger partial charge in [0.15, 0.2) is 0 Å². The summed E-state index contributed by atoms with van der Waals surface area (Å²) in [6.45, 7) is 12.4. The Labute approximate surface area is 368 Å². The van der Waals surface area contributed by atoms with E-state index in [4.69, 9.17) is 0 Å². The van der Waals surface area contributed by atoms with Crippen molar-refractivity contribution in [3.05, 3.63) is 251 Å². The highest BCUT2D eigenvalue weighted by atomic mass is 19.1. The van der Waals surface area contributed by atoms with Crippen molar-refractivity contribution in [3.8, 4) is 44.5 Å². The van der Waals surface area contributed by atoms with Crippen LogP contribution in [0.2, 0.25) is 0 Å². The molecule has 11 rings (SSSR count). The molecule has 3 heteroatoms. The van der Waals surface area contributed by atoms with E-state index < -0.39 is 11.2 Å². The maximum Gasteiger partial charge on any atom is 0.123 e. The summed E-state index contributed by atoms with van der Waals surface area (Å²) in [4.78, 5) is 2.43. The molecule has 0 N–H and O–H groups in total. The molecule has 0 fully saturated rings. The normalized spacial score (nSPS) is 16.2. The molecule has 0 radical (unpaired) electrons. The molecule has 63 heavy (non-hydrogen) atoms. The van der Waals surface area contributed by atoms with Crippen LogP contribution in [0.1, 0.15) is 59.7 Å². The van der Waals surface area contributed by atoms with Crippen molar-refractivity contribution in [1.82, 2.24) is 0 Å². The molecule has 0 bridgehead atoms. The lowest BCUT2D eigenvalue weighted by molar-refractivity contribution is 0.621. The summed E-state index contributed by atoms with van der Waals surface area (Å²) in [5.41, 5.74) is 21.0. The summed E-state index contributed by atoms with van der Waals surface area (Å²) in [5, 5.41) is 0. The molecule has 0 amide bonds. The van der Waals surface area contributed by atoms with Crippen LogP contribution in [0.3, 0.4) is 0 Å². The van der Waals surface area contributed by atoms with E-state index in [1.807, 2.05) is 6.07 Å². The second kappa shape index (κ2) is 14.4. The van der Waals surface area contributed by atoms with Gasteiger partial charge in [0, 0.05) is 22.4 Å². The zero-order valence-corrected chi connectivity index (χ0v) is 35.8. The largest absolute Gasteiger partial charge is 0.310 e. The van der Waals surface area contributed by atoms with Crippen LogP contribution in [-0.4, -0.2) is 0 Å². The van der Waals surface area contributed by atoms with Crippen LogP contribution >= 0.6 is 0 Å². The second-order valence-corrected chi connectivity index (χ2v) is 17.7. The van der Waals surface area contributed by atoms with E-state index in [-0.39, 0.29) is 11.2 Å². The van der Waals surface area contributed by atoms with Crippen molar-refractivity contribution in [1.29, 1.82) is 0 Å². The number of fused-ring (bicyclic) bond motifs is 10. The molecule has 3 aliphatic carbocycles. The van der Waals surface area contributed by atoms with Gasteiger partial charge >= 0.3 is 0 Å². The van der Waals surface area contributed by atoms with Gasteiger partial charge in [-0.2, -0.15) is 0 Å². The molecule has 8 aromatic carbocycles. The number of nitrogens with zero attached hydrogens (tertiary/aromatic N) is 1. The third-order valence-electron chi connectivity index (χ3n) is 13.9. The van der Waals surface area contributed by atoms with Crippen LogP contribution in [0, 0.1) is 12.7 Å².